The second kappa shape index (κ2) is 6.95. The van der Waals surface area contributed by atoms with E-state index in [4.69, 9.17) is 0 Å². The third-order valence-corrected chi connectivity index (χ3v) is 2.42. The van der Waals surface area contributed by atoms with Crippen LogP contribution in [0.5, 0.6) is 0 Å². The predicted octanol–water partition coefficient (Wildman–Crippen LogP) is 1.10. The van der Waals surface area contributed by atoms with Crippen LogP contribution in [0.3, 0.4) is 0 Å². The van der Waals surface area contributed by atoms with Gasteiger partial charge in [0.2, 0.25) is 0 Å². The summed E-state index contributed by atoms with van der Waals surface area (Å²) in [5.74, 6) is 1.11. The molecule has 0 saturated heterocycles. The van der Waals surface area contributed by atoms with Gasteiger partial charge in [0.05, 0.1) is 6.10 Å². The highest BCUT2D eigenvalue weighted by molar-refractivity contribution is 7.98. The zero-order chi connectivity index (χ0) is 8.69. The number of aliphatic hydroxyl groups is 1. The molecular formula is C8H19NOS. The van der Waals surface area contributed by atoms with Crippen molar-refractivity contribution in [3.05, 3.63) is 0 Å². The fraction of sp³-hybridized carbons (Fsp3) is 1.00. The van der Waals surface area contributed by atoms with Gasteiger partial charge in [0.1, 0.15) is 0 Å². The van der Waals surface area contributed by atoms with E-state index < -0.39 is 0 Å². The SMILES string of the molecule is CCC(O)CNC(C)CSC. The van der Waals surface area contributed by atoms with Gasteiger partial charge in [0.15, 0.2) is 0 Å². The third-order valence-electron chi connectivity index (χ3n) is 1.59. The highest BCUT2D eigenvalue weighted by Gasteiger charge is 2.03. The molecule has 0 rings (SSSR count). The van der Waals surface area contributed by atoms with Crippen molar-refractivity contribution in [3.63, 3.8) is 0 Å². The Balaban J connectivity index is 3.22. The fourth-order valence-electron chi connectivity index (χ4n) is 0.790. The summed E-state index contributed by atoms with van der Waals surface area (Å²) in [6.45, 7) is 4.85. The second-order valence-corrected chi connectivity index (χ2v) is 3.74. The first-order chi connectivity index (χ1) is 5.20. The summed E-state index contributed by atoms with van der Waals surface area (Å²) in [5.41, 5.74) is 0. The van der Waals surface area contributed by atoms with Crippen molar-refractivity contribution in [2.24, 2.45) is 0 Å². The molecule has 2 atom stereocenters. The van der Waals surface area contributed by atoms with E-state index >= 15 is 0 Å². The molecule has 2 unspecified atom stereocenters. The smallest absolute Gasteiger partial charge is 0.0662 e. The Morgan fingerprint density at radius 2 is 2.18 bits per heavy atom. The van der Waals surface area contributed by atoms with Gasteiger partial charge in [0.25, 0.3) is 0 Å². The minimum absolute atomic E-state index is 0.181. The van der Waals surface area contributed by atoms with Crippen molar-refractivity contribution < 1.29 is 5.11 Å². The molecule has 2 N–H and O–H groups in total. The summed E-state index contributed by atoms with van der Waals surface area (Å²) in [6.07, 6.45) is 2.74. The van der Waals surface area contributed by atoms with Crippen LogP contribution in [0.4, 0.5) is 0 Å². The van der Waals surface area contributed by atoms with E-state index in [0.29, 0.717) is 6.04 Å². The normalized spacial score (nSPS) is 16.4. The first-order valence-electron chi connectivity index (χ1n) is 4.11. The Morgan fingerprint density at radius 3 is 2.64 bits per heavy atom. The summed E-state index contributed by atoms with van der Waals surface area (Å²) >= 11 is 1.82. The molecule has 0 bridgehead atoms. The quantitative estimate of drug-likeness (QED) is 0.637. The van der Waals surface area contributed by atoms with Crippen LogP contribution < -0.4 is 5.32 Å². The molecule has 0 aliphatic rings. The van der Waals surface area contributed by atoms with Crippen molar-refractivity contribution in [1.29, 1.82) is 0 Å². The molecule has 2 nitrogen and oxygen atoms in total. The summed E-state index contributed by atoms with van der Waals surface area (Å²) in [4.78, 5) is 0. The third kappa shape index (κ3) is 6.66. The standard InChI is InChI=1S/C8H19NOS/c1-4-8(10)5-9-7(2)6-11-3/h7-10H,4-6H2,1-3H3. The lowest BCUT2D eigenvalue weighted by atomic mass is 10.2. The lowest BCUT2D eigenvalue weighted by Gasteiger charge is -2.14. The fourth-order valence-corrected chi connectivity index (χ4v) is 1.41. The molecule has 11 heavy (non-hydrogen) atoms. The zero-order valence-corrected chi connectivity index (χ0v) is 8.45. The van der Waals surface area contributed by atoms with Gasteiger partial charge in [-0.05, 0) is 19.6 Å². The lowest BCUT2D eigenvalue weighted by Crippen LogP contribution is -2.34. The molecule has 68 valence electrons. The molecule has 0 aliphatic carbocycles. The van der Waals surface area contributed by atoms with E-state index in [1.54, 1.807) is 0 Å². The summed E-state index contributed by atoms with van der Waals surface area (Å²) in [6, 6.07) is 0.506. The summed E-state index contributed by atoms with van der Waals surface area (Å²) in [7, 11) is 0. The number of nitrogens with one attached hydrogen (secondary N) is 1. The van der Waals surface area contributed by atoms with Gasteiger partial charge in [-0.15, -0.1) is 0 Å². The molecule has 3 heteroatoms. The van der Waals surface area contributed by atoms with Crippen molar-refractivity contribution in [3.8, 4) is 0 Å². The molecule has 0 amide bonds. The van der Waals surface area contributed by atoms with Crippen LogP contribution in [0.25, 0.3) is 0 Å². The zero-order valence-electron chi connectivity index (χ0n) is 7.63. The average Bonchev–Trinajstić information content (AvgIpc) is 2.01. The van der Waals surface area contributed by atoms with E-state index in [1.165, 1.54) is 0 Å². The predicted molar refractivity (Wildman–Crippen MR) is 52.1 cm³/mol. The summed E-state index contributed by atoms with van der Waals surface area (Å²) < 4.78 is 0. The van der Waals surface area contributed by atoms with Gasteiger partial charge in [0, 0.05) is 18.3 Å². The van der Waals surface area contributed by atoms with Crippen molar-refractivity contribution >= 4 is 11.8 Å². The molecule has 0 aromatic heterocycles. The summed E-state index contributed by atoms with van der Waals surface area (Å²) in [5, 5.41) is 12.5. The number of rotatable bonds is 6. The van der Waals surface area contributed by atoms with E-state index in [1.807, 2.05) is 18.7 Å². The highest BCUT2D eigenvalue weighted by Crippen LogP contribution is 1.96. The molecule has 0 fully saturated rings. The van der Waals surface area contributed by atoms with Gasteiger partial charge in [-0.1, -0.05) is 6.92 Å². The van der Waals surface area contributed by atoms with Crippen LogP contribution >= 0.6 is 11.8 Å². The molecule has 0 spiro atoms. The van der Waals surface area contributed by atoms with Crippen LogP contribution in [-0.4, -0.2) is 35.8 Å². The molecular weight excluding hydrogens is 158 g/mol. The first kappa shape index (κ1) is 11.3. The number of thioether (sulfide) groups is 1. The number of hydrogen-bond donors (Lipinski definition) is 2. The van der Waals surface area contributed by atoms with E-state index in [0.717, 1.165) is 18.7 Å². The van der Waals surface area contributed by atoms with Crippen LogP contribution in [0.2, 0.25) is 0 Å². The molecule has 0 aliphatic heterocycles. The topological polar surface area (TPSA) is 32.3 Å². The minimum atomic E-state index is -0.181. The molecule has 0 aromatic rings. The van der Waals surface area contributed by atoms with E-state index in [2.05, 4.69) is 18.5 Å². The van der Waals surface area contributed by atoms with Gasteiger partial charge in [-0.2, -0.15) is 11.8 Å². The van der Waals surface area contributed by atoms with Crippen LogP contribution in [0.1, 0.15) is 20.3 Å². The maximum atomic E-state index is 9.21. The maximum Gasteiger partial charge on any atom is 0.0662 e. The van der Waals surface area contributed by atoms with E-state index in [-0.39, 0.29) is 6.10 Å². The maximum absolute atomic E-state index is 9.21. The van der Waals surface area contributed by atoms with Crippen LogP contribution in [0, 0.1) is 0 Å². The van der Waals surface area contributed by atoms with Gasteiger partial charge in [-0.25, -0.2) is 0 Å². The van der Waals surface area contributed by atoms with E-state index in [9.17, 15) is 5.11 Å². The van der Waals surface area contributed by atoms with Crippen molar-refractivity contribution in [1.82, 2.24) is 5.32 Å². The Bertz CT molecular complexity index is 90.2. The number of hydrogen-bond acceptors (Lipinski definition) is 3. The second-order valence-electron chi connectivity index (χ2n) is 2.83. The van der Waals surface area contributed by atoms with Crippen molar-refractivity contribution in [2.75, 3.05) is 18.6 Å². The van der Waals surface area contributed by atoms with Gasteiger partial charge < -0.3 is 10.4 Å². The molecule has 0 radical (unpaired) electrons. The molecule has 0 saturated carbocycles. The van der Waals surface area contributed by atoms with Gasteiger partial charge in [-0.3, -0.25) is 0 Å². The van der Waals surface area contributed by atoms with Crippen LogP contribution in [-0.2, 0) is 0 Å². The Morgan fingerprint density at radius 1 is 1.55 bits per heavy atom. The molecule has 0 aromatic carbocycles. The largest absolute Gasteiger partial charge is 0.392 e. The average molecular weight is 177 g/mol. The number of aliphatic hydroxyl groups excluding tert-OH is 1. The molecule has 0 heterocycles. The van der Waals surface area contributed by atoms with Crippen LogP contribution in [0.15, 0.2) is 0 Å². The Labute approximate surface area is 73.8 Å². The highest BCUT2D eigenvalue weighted by atomic mass is 32.2. The first-order valence-corrected chi connectivity index (χ1v) is 5.50. The lowest BCUT2D eigenvalue weighted by molar-refractivity contribution is 0.165. The minimum Gasteiger partial charge on any atom is -0.392 e. The van der Waals surface area contributed by atoms with Gasteiger partial charge >= 0.3 is 0 Å². The Hall–Kier alpha value is 0.270. The Kier molecular flexibility index (Phi) is 7.12. The monoisotopic (exact) mass is 177 g/mol. The van der Waals surface area contributed by atoms with Crippen molar-refractivity contribution in [2.45, 2.75) is 32.4 Å².